The number of hydrogen-bond donors (Lipinski definition) is 1. The van der Waals surface area contributed by atoms with Crippen LogP contribution in [0.3, 0.4) is 0 Å². The first kappa shape index (κ1) is 12.9. The van der Waals surface area contributed by atoms with Crippen molar-refractivity contribution in [1.82, 2.24) is 5.32 Å². The Balaban J connectivity index is 3.80. The molecule has 0 amide bonds. The van der Waals surface area contributed by atoms with Crippen molar-refractivity contribution < 1.29 is 4.74 Å². The van der Waals surface area contributed by atoms with E-state index in [2.05, 4.69) is 39.9 Å². The van der Waals surface area contributed by atoms with Crippen molar-refractivity contribution in [1.29, 1.82) is 0 Å². The van der Waals surface area contributed by atoms with Gasteiger partial charge in [-0.2, -0.15) is 0 Å². The Morgan fingerprint density at radius 1 is 1.08 bits per heavy atom. The van der Waals surface area contributed by atoms with Gasteiger partial charge in [0.2, 0.25) is 0 Å². The molecule has 0 aromatic heterocycles. The van der Waals surface area contributed by atoms with Crippen molar-refractivity contribution in [2.45, 2.75) is 46.6 Å². The topological polar surface area (TPSA) is 21.3 Å². The predicted molar refractivity (Wildman–Crippen MR) is 58.0 cm³/mol. The molecule has 0 unspecified atom stereocenters. The fourth-order valence-electron chi connectivity index (χ4n) is 1.88. The van der Waals surface area contributed by atoms with Gasteiger partial charge in [-0.05, 0) is 25.7 Å². The van der Waals surface area contributed by atoms with Gasteiger partial charge in [0.25, 0.3) is 0 Å². The number of hydrogen-bond acceptors (Lipinski definition) is 2. The zero-order valence-corrected chi connectivity index (χ0v) is 10.0. The summed E-state index contributed by atoms with van der Waals surface area (Å²) >= 11 is 0. The average molecular weight is 187 g/mol. The maximum Gasteiger partial charge on any atom is 0.0587 e. The lowest BCUT2D eigenvalue weighted by Crippen LogP contribution is -2.43. The lowest BCUT2D eigenvalue weighted by Gasteiger charge is -2.33. The van der Waals surface area contributed by atoms with Gasteiger partial charge < -0.3 is 10.1 Å². The zero-order chi connectivity index (χ0) is 10.5. The van der Waals surface area contributed by atoms with Crippen LogP contribution in [0.15, 0.2) is 0 Å². The van der Waals surface area contributed by atoms with Crippen molar-refractivity contribution in [2.24, 2.45) is 5.41 Å². The molecule has 0 aromatic rings. The molecule has 1 N–H and O–H groups in total. The van der Waals surface area contributed by atoms with Crippen LogP contribution in [0.1, 0.15) is 41.0 Å². The molecule has 0 bridgehead atoms. The fraction of sp³-hybridized carbons (Fsp3) is 1.00. The largest absolute Gasteiger partial charge is 0.383 e. The predicted octanol–water partition coefficient (Wildman–Crippen LogP) is 2.44. The second-order valence-corrected chi connectivity index (χ2v) is 5.54. The molecule has 0 fully saturated rings. The van der Waals surface area contributed by atoms with E-state index in [-0.39, 0.29) is 5.54 Å². The molecule has 0 heterocycles. The maximum atomic E-state index is 5.00. The molecule has 0 atom stereocenters. The number of rotatable bonds is 5. The van der Waals surface area contributed by atoms with Gasteiger partial charge in [0.1, 0.15) is 0 Å². The molecule has 0 saturated heterocycles. The number of ether oxygens (including phenoxy) is 1. The maximum absolute atomic E-state index is 5.00. The van der Waals surface area contributed by atoms with E-state index in [9.17, 15) is 0 Å². The molecule has 0 saturated carbocycles. The third kappa shape index (κ3) is 8.26. The van der Waals surface area contributed by atoms with Crippen molar-refractivity contribution in [3.05, 3.63) is 0 Å². The summed E-state index contributed by atoms with van der Waals surface area (Å²) in [6.45, 7) is 13.0. The van der Waals surface area contributed by atoms with Gasteiger partial charge in [-0.15, -0.1) is 0 Å². The Hall–Kier alpha value is -0.0800. The van der Waals surface area contributed by atoms with Gasteiger partial charge in [-0.1, -0.05) is 20.8 Å². The highest BCUT2D eigenvalue weighted by atomic mass is 16.5. The van der Waals surface area contributed by atoms with Crippen LogP contribution in [-0.4, -0.2) is 25.8 Å². The SMILES string of the molecule is COCCNC(C)(C)CC(C)(C)C. The first-order chi connectivity index (χ1) is 5.77. The summed E-state index contributed by atoms with van der Waals surface area (Å²) in [5, 5.41) is 3.49. The molecular formula is C11H25NO. The number of methoxy groups -OCH3 is 1. The van der Waals surface area contributed by atoms with Gasteiger partial charge in [0, 0.05) is 19.2 Å². The average Bonchev–Trinajstić information content (AvgIpc) is 1.81. The smallest absolute Gasteiger partial charge is 0.0587 e. The van der Waals surface area contributed by atoms with Gasteiger partial charge in [0.15, 0.2) is 0 Å². The molecule has 80 valence electrons. The van der Waals surface area contributed by atoms with E-state index >= 15 is 0 Å². The van der Waals surface area contributed by atoms with Crippen molar-refractivity contribution >= 4 is 0 Å². The summed E-state index contributed by atoms with van der Waals surface area (Å²) in [4.78, 5) is 0. The fourth-order valence-corrected chi connectivity index (χ4v) is 1.88. The van der Waals surface area contributed by atoms with Crippen molar-refractivity contribution in [2.75, 3.05) is 20.3 Å². The van der Waals surface area contributed by atoms with Crippen molar-refractivity contribution in [3.8, 4) is 0 Å². The number of nitrogens with one attached hydrogen (secondary N) is 1. The highest BCUT2D eigenvalue weighted by Gasteiger charge is 2.24. The summed E-state index contributed by atoms with van der Waals surface area (Å²) in [7, 11) is 1.73. The van der Waals surface area contributed by atoms with E-state index in [0.717, 1.165) is 13.2 Å². The molecule has 0 spiro atoms. The Morgan fingerprint density at radius 3 is 2.00 bits per heavy atom. The van der Waals surface area contributed by atoms with Gasteiger partial charge in [0.05, 0.1) is 6.61 Å². The highest BCUT2D eigenvalue weighted by molar-refractivity contribution is 4.82. The molecule has 0 rings (SSSR count). The second kappa shape index (κ2) is 4.97. The molecule has 0 aliphatic heterocycles. The Morgan fingerprint density at radius 2 is 1.62 bits per heavy atom. The van der Waals surface area contributed by atoms with Crippen LogP contribution < -0.4 is 5.32 Å². The minimum Gasteiger partial charge on any atom is -0.383 e. The van der Waals surface area contributed by atoms with Crippen LogP contribution in [0.4, 0.5) is 0 Å². The summed E-state index contributed by atoms with van der Waals surface area (Å²) in [5.74, 6) is 0. The van der Waals surface area contributed by atoms with E-state index in [4.69, 9.17) is 4.74 Å². The van der Waals surface area contributed by atoms with Gasteiger partial charge in [-0.3, -0.25) is 0 Å². The van der Waals surface area contributed by atoms with Crippen molar-refractivity contribution in [3.63, 3.8) is 0 Å². The Kier molecular flexibility index (Phi) is 4.93. The molecule has 0 aliphatic carbocycles. The van der Waals surface area contributed by atoms with Crippen LogP contribution in [-0.2, 0) is 4.74 Å². The summed E-state index contributed by atoms with van der Waals surface area (Å²) in [6, 6.07) is 0. The van der Waals surface area contributed by atoms with E-state index in [1.54, 1.807) is 7.11 Å². The summed E-state index contributed by atoms with van der Waals surface area (Å²) < 4.78 is 5.00. The third-order valence-corrected chi connectivity index (χ3v) is 1.88. The molecular weight excluding hydrogens is 162 g/mol. The van der Waals surface area contributed by atoms with Gasteiger partial charge in [-0.25, -0.2) is 0 Å². The second-order valence-electron chi connectivity index (χ2n) is 5.54. The minimum absolute atomic E-state index is 0.205. The first-order valence-electron chi connectivity index (χ1n) is 5.01. The molecule has 2 nitrogen and oxygen atoms in total. The van der Waals surface area contributed by atoms with Crippen LogP contribution in [0, 0.1) is 5.41 Å². The lowest BCUT2D eigenvalue weighted by molar-refractivity contribution is 0.175. The van der Waals surface area contributed by atoms with Crippen LogP contribution in [0.5, 0.6) is 0 Å². The first-order valence-corrected chi connectivity index (χ1v) is 5.01. The van der Waals surface area contributed by atoms with E-state index in [1.165, 1.54) is 6.42 Å². The van der Waals surface area contributed by atoms with E-state index in [0.29, 0.717) is 5.41 Å². The highest BCUT2D eigenvalue weighted by Crippen LogP contribution is 2.26. The molecule has 13 heavy (non-hydrogen) atoms. The molecule has 0 aromatic carbocycles. The quantitative estimate of drug-likeness (QED) is 0.667. The lowest BCUT2D eigenvalue weighted by atomic mass is 9.82. The van der Waals surface area contributed by atoms with Crippen LogP contribution >= 0.6 is 0 Å². The Labute approximate surface area is 83.1 Å². The van der Waals surface area contributed by atoms with E-state index < -0.39 is 0 Å². The minimum atomic E-state index is 0.205. The van der Waals surface area contributed by atoms with Crippen LogP contribution in [0.2, 0.25) is 0 Å². The van der Waals surface area contributed by atoms with Gasteiger partial charge >= 0.3 is 0 Å². The summed E-state index contributed by atoms with van der Waals surface area (Å²) in [5.41, 5.74) is 0.584. The molecule has 2 heteroatoms. The Bertz CT molecular complexity index is 136. The molecule has 0 aliphatic rings. The normalized spacial score (nSPS) is 13.4. The zero-order valence-electron chi connectivity index (χ0n) is 10.0. The molecule has 0 radical (unpaired) electrons. The van der Waals surface area contributed by atoms with Crippen LogP contribution in [0.25, 0.3) is 0 Å². The monoisotopic (exact) mass is 187 g/mol. The third-order valence-electron chi connectivity index (χ3n) is 1.88. The standard InChI is InChI=1S/C11H25NO/c1-10(2,3)9-11(4,5)12-7-8-13-6/h12H,7-9H2,1-6H3. The summed E-state index contributed by atoms with van der Waals surface area (Å²) in [6.07, 6.45) is 1.17. The van der Waals surface area contributed by atoms with E-state index in [1.807, 2.05) is 0 Å².